The van der Waals surface area contributed by atoms with Crippen molar-refractivity contribution in [1.82, 2.24) is 14.8 Å². The van der Waals surface area contributed by atoms with E-state index < -0.39 is 10.5 Å². The third kappa shape index (κ3) is 3.76. The first kappa shape index (κ1) is 18.4. The Morgan fingerprint density at radius 2 is 2.00 bits per heavy atom. The molecule has 8 nitrogen and oxygen atoms in total. The lowest BCUT2D eigenvalue weighted by molar-refractivity contribution is -0.385. The molecule has 0 saturated carbocycles. The number of amides is 1. The Hall–Kier alpha value is -1.93. The van der Waals surface area contributed by atoms with E-state index in [0.29, 0.717) is 18.5 Å². The molecule has 1 aromatic rings. The number of nitro groups is 1. The molecule has 0 aliphatic carbocycles. The zero-order chi connectivity index (χ0) is 16.4. The van der Waals surface area contributed by atoms with Gasteiger partial charge < -0.3 is 10.2 Å². The van der Waals surface area contributed by atoms with Crippen LogP contribution in [0.2, 0.25) is 0 Å². The Morgan fingerprint density at radius 3 is 2.58 bits per heavy atom. The van der Waals surface area contributed by atoms with E-state index in [9.17, 15) is 19.7 Å². The largest absolute Gasteiger partial charge is 0.341 e. The van der Waals surface area contributed by atoms with Crippen LogP contribution in [-0.2, 0) is 11.3 Å². The molecular formula is C15H21ClN4O4. The molecule has 132 valence electrons. The predicted molar refractivity (Wildman–Crippen MR) is 90.3 cm³/mol. The molecule has 2 aliphatic rings. The Labute approximate surface area is 145 Å². The molecule has 0 bridgehead atoms. The maximum atomic E-state index is 12.4. The summed E-state index contributed by atoms with van der Waals surface area (Å²) in [4.78, 5) is 36.1. The highest BCUT2D eigenvalue weighted by atomic mass is 35.5. The zero-order valence-corrected chi connectivity index (χ0v) is 14.1. The van der Waals surface area contributed by atoms with Gasteiger partial charge in [0.15, 0.2) is 0 Å². The van der Waals surface area contributed by atoms with E-state index in [1.54, 1.807) is 4.90 Å². The monoisotopic (exact) mass is 356 g/mol. The van der Waals surface area contributed by atoms with Crippen LogP contribution in [0.3, 0.4) is 0 Å². The third-order valence-electron chi connectivity index (χ3n) is 4.99. The standard InChI is InChI=1S/C15H20N4O4.ClH/c20-13-2-1-12(19(22)23)9-18(13)10-14(21)17-7-4-15(5-8-17)3-6-16-11-15;/h1-2,9,16H,3-8,10-11H2;1H. The lowest BCUT2D eigenvalue weighted by atomic mass is 9.78. The second kappa shape index (κ2) is 7.31. The number of pyridine rings is 1. The Kier molecular flexibility index (Phi) is 5.61. The van der Waals surface area contributed by atoms with Gasteiger partial charge in [-0.25, -0.2) is 0 Å². The van der Waals surface area contributed by atoms with Gasteiger partial charge >= 0.3 is 0 Å². The summed E-state index contributed by atoms with van der Waals surface area (Å²) in [5.74, 6) is -0.159. The Balaban J connectivity index is 0.00000208. The third-order valence-corrected chi connectivity index (χ3v) is 4.99. The summed E-state index contributed by atoms with van der Waals surface area (Å²) in [6.45, 7) is 3.27. The molecule has 1 N–H and O–H groups in total. The molecule has 9 heteroatoms. The van der Waals surface area contributed by atoms with Gasteiger partial charge in [0.1, 0.15) is 6.54 Å². The van der Waals surface area contributed by atoms with Crippen molar-refractivity contribution in [3.8, 4) is 0 Å². The molecule has 3 heterocycles. The Morgan fingerprint density at radius 1 is 1.29 bits per heavy atom. The van der Waals surface area contributed by atoms with Crippen LogP contribution < -0.4 is 10.9 Å². The summed E-state index contributed by atoms with van der Waals surface area (Å²) in [6, 6.07) is 2.28. The minimum Gasteiger partial charge on any atom is -0.341 e. The molecule has 0 radical (unpaired) electrons. The normalized spacial score (nSPS) is 19.1. The number of nitrogens with one attached hydrogen (secondary N) is 1. The topological polar surface area (TPSA) is 97.5 Å². The fraction of sp³-hybridized carbons (Fsp3) is 0.600. The first-order valence-corrected chi connectivity index (χ1v) is 7.83. The van der Waals surface area contributed by atoms with Gasteiger partial charge in [-0.15, -0.1) is 12.4 Å². The fourth-order valence-corrected chi connectivity index (χ4v) is 3.45. The van der Waals surface area contributed by atoms with Crippen LogP contribution in [0.4, 0.5) is 5.69 Å². The highest BCUT2D eigenvalue weighted by Crippen LogP contribution is 2.36. The Bertz CT molecular complexity index is 674. The van der Waals surface area contributed by atoms with Crippen LogP contribution in [0.25, 0.3) is 0 Å². The van der Waals surface area contributed by atoms with Gasteiger partial charge in [0.2, 0.25) is 5.91 Å². The summed E-state index contributed by atoms with van der Waals surface area (Å²) >= 11 is 0. The fourth-order valence-electron chi connectivity index (χ4n) is 3.45. The van der Waals surface area contributed by atoms with Gasteiger partial charge in [-0.2, -0.15) is 0 Å². The summed E-state index contributed by atoms with van der Waals surface area (Å²) < 4.78 is 1.11. The second-order valence-electron chi connectivity index (χ2n) is 6.42. The van der Waals surface area contributed by atoms with Crippen LogP contribution in [0.5, 0.6) is 0 Å². The highest BCUT2D eigenvalue weighted by molar-refractivity contribution is 5.85. The van der Waals surface area contributed by atoms with Crippen molar-refractivity contribution in [1.29, 1.82) is 0 Å². The molecule has 2 fully saturated rings. The van der Waals surface area contributed by atoms with Gasteiger partial charge in [-0.3, -0.25) is 24.3 Å². The number of hydrogen-bond acceptors (Lipinski definition) is 5. The number of aromatic nitrogens is 1. The number of piperidine rings is 1. The van der Waals surface area contributed by atoms with E-state index in [1.165, 1.54) is 0 Å². The van der Waals surface area contributed by atoms with E-state index >= 15 is 0 Å². The van der Waals surface area contributed by atoms with Crippen molar-refractivity contribution < 1.29 is 9.72 Å². The molecule has 1 spiro atoms. The molecule has 2 saturated heterocycles. The van der Waals surface area contributed by atoms with Crippen LogP contribution in [0, 0.1) is 15.5 Å². The number of rotatable bonds is 3. The average molecular weight is 357 g/mol. The van der Waals surface area contributed by atoms with Crippen molar-refractivity contribution in [2.45, 2.75) is 25.8 Å². The van der Waals surface area contributed by atoms with Gasteiger partial charge in [0.25, 0.3) is 11.2 Å². The predicted octanol–water partition coefficient (Wildman–Crippen LogP) is 0.780. The van der Waals surface area contributed by atoms with E-state index in [-0.39, 0.29) is 30.5 Å². The summed E-state index contributed by atoms with van der Waals surface area (Å²) in [6.07, 6.45) is 4.22. The number of likely N-dealkylation sites (tertiary alicyclic amines) is 1. The molecule has 2 aliphatic heterocycles. The minimum atomic E-state index is -0.571. The van der Waals surface area contributed by atoms with Gasteiger partial charge in [0, 0.05) is 31.8 Å². The zero-order valence-electron chi connectivity index (χ0n) is 13.3. The summed E-state index contributed by atoms with van der Waals surface area (Å²) in [5.41, 5.74) is -0.275. The van der Waals surface area contributed by atoms with E-state index in [4.69, 9.17) is 0 Å². The van der Waals surface area contributed by atoms with Gasteiger partial charge in [0.05, 0.1) is 11.1 Å². The van der Waals surface area contributed by atoms with Crippen molar-refractivity contribution in [2.75, 3.05) is 26.2 Å². The van der Waals surface area contributed by atoms with E-state index in [0.717, 1.165) is 55.2 Å². The smallest absolute Gasteiger partial charge is 0.285 e. The van der Waals surface area contributed by atoms with E-state index in [2.05, 4.69) is 5.32 Å². The SMILES string of the molecule is Cl.O=C(Cn1cc([N+](=O)[O-])ccc1=O)N1CCC2(CCNC2)CC1. The average Bonchev–Trinajstić information content (AvgIpc) is 2.98. The summed E-state index contributed by atoms with van der Waals surface area (Å²) in [7, 11) is 0. The lowest BCUT2D eigenvalue weighted by Gasteiger charge is -2.38. The molecule has 0 aromatic carbocycles. The number of carbonyl (C=O) groups excluding carboxylic acids is 1. The molecule has 0 unspecified atom stereocenters. The minimum absolute atomic E-state index is 0. The second-order valence-corrected chi connectivity index (χ2v) is 6.42. The maximum absolute atomic E-state index is 12.4. The molecular weight excluding hydrogens is 336 g/mol. The molecule has 3 rings (SSSR count). The van der Waals surface area contributed by atoms with Crippen LogP contribution in [0.1, 0.15) is 19.3 Å². The van der Waals surface area contributed by atoms with Gasteiger partial charge in [-0.1, -0.05) is 0 Å². The molecule has 0 atom stereocenters. The summed E-state index contributed by atoms with van der Waals surface area (Å²) in [5, 5.41) is 14.2. The molecule has 1 amide bonds. The molecule has 24 heavy (non-hydrogen) atoms. The number of halogens is 1. The van der Waals surface area contributed by atoms with Crippen LogP contribution in [-0.4, -0.2) is 46.5 Å². The lowest BCUT2D eigenvalue weighted by Crippen LogP contribution is -2.45. The van der Waals surface area contributed by atoms with Crippen molar-refractivity contribution in [3.05, 3.63) is 38.8 Å². The number of nitrogens with zero attached hydrogens (tertiary/aromatic N) is 3. The van der Waals surface area contributed by atoms with Crippen LogP contribution >= 0.6 is 12.4 Å². The van der Waals surface area contributed by atoms with Crippen molar-refractivity contribution in [3.63, 3.8) is 0 Å². The first-order valence-electron chi connectivity index (χ1n) is 7.83. The van der Waals surface area contributed by atoms with Crippen molar-refractivity contribution in [2.24, 2.45) is 5.41 Å². The maximum Gasteiger partial charge on any atom is 0.285 e. The first-order chi connectivity index (χ1) is 11.0. The molecule has 1 aromatic heterocycles. The quantitative estimate of drug-likeness (QED) is 0.637. The van der Waals surface area contributed by atoms with E-state index in [1.807, 2.05) is 0 Å². The highest BCUT2D eigenvalue weighted by Gasteiger charge is 2.38. The van der Waals surface area contributed by atoms with Crippen molar-refractivity contribution >= 4 is 24.0 Å². The van der Waals surface area contributed by atoms with Crippen LogP contribution in [0.15, 0.2) is 23.1 Å². The van der Waals surface area contributed by atoms with Gasteiger partial charge in [-0.05, 0) is 31.2 Å². The number of carbonyl (C=O) groups is 1. The number of hydrogen-bond donors (Lipinski definition) is 1.